The third-order valence-electron chi connectivity index (χ3n) is 2.02. The van der Waals surface area contributed by atoms with E-state index in [2.05, 4.69) is 11.3 Å². The topological polar surface area (TPSA) is 75.4 Å². The predicted molar refractivity (Wildman–Crippen MR) is 51.2 cm³/mol. The second-order valence-electron chi connectivity index (χ2n) is 3.06. The van der Waals surface area contributed by atoms with Crippen molar-refractivity contribution in [1.82, 2.24) is 9.03 Å². The van der Waals surface area contributed by atoms with Crippen molar-refractivity contribution in [2.45, 2.75) is 0 Å². The number of hydrogen-bond donors (Lipinski definition) is 2. The molecule has 0 spiro atoms. The molecule has 6 heteroatoms. The first kappa shape index (κ1) is 10.6. The predicted octanol–water partition coefficient (Wildman–Crippen LogP) is -1.10. The Morgan fingerprint density at radius 2 is 2.38 bits per heavy atom. The minimum Gasteiger partial charge on any atom is -0.330 e. The molecule has 1 aliphatic rings. The molecule has 1 saturated heterocycles. The van der Waals surface area contributed by atoms with E-state index >= 15 is 0 Å². The molecule has 1 atom stereocenters. The van der Waals surface area contributed by atoms with Crippen LogP contribution in [0.5, 0.6) is 0 Å². The quantitative estimate of drug-likeness (QED) is 0.574. The number of rotatable bonds is 3. The molecular formula is C7H15N3O2S. The minimum absolute atomic E-state index is 0.198. The van der Waals surface area contributed by atoms with Crippen molar-refractivity contribution in [3.63, 3.8) is 0 Å². The molecule has 0 aromatic carbocycles. The van der Waals surface area contributed by atoms with Crippen LogP contribution in [-0.2, 0) is 10.2 Å². The van der Waals surface area contributed by atoms with Gasteiger partial charge in [0.25, 0.3) is 10.2 Å². The summed E-state index contributed by atoms with van der Waals surface area (Å²) in [5.41, 5.74) is 5.46. The Morgan fingerprint density at radius 1 is 1.69 bits per heavy atom. The molecular weight excluding hydrogens is 190 g/mol. The summed E-state index contributed by atoms with van der Waals surface area (Å²) in [6.45, 7) is 5.26. The highest BCUT2D eigenvalue weighted by Crippen LogP contribution is 2.09. The highest BCUT2D eigenvalue weighted by molar-refractivity contribution is 7.87. The van der Waals surface area contributed by atoms with Gasteiger partial charge < -0.3 is 5.73 Å². The fourth-order valence-corrected chi connectivity index (χ4v) is 2.58. The van der Waals surface area contributed by atoms with Gasteiger partial charge in [0.1, 0.15) is 0 Å². The van der Waals surface area contributed by atoms with Crippen LogP contribution in [0.15, 0.2) is 12.7 Å². The first-order valence-electron chi connectivity index (χ1n) is 4.16. The molecule has 0 aromatic rings. The number of hydrogen-bond acceptors (Lipinski definition) is 3. The molecule has 0 aromatic heterocycles. The molecule has 3 N–H and O–H groups in total. The Labute approximate surface area is 78.8 Å². The molecule has 76 valence electrons. The van der Waals surface area contributed by atoms with Gasteiger partial charge in [0, 0.05) is 19.6 Å². The first-order chi connectivity index (χ1) is 6.10. The van der Waals surface area contributed by atoms with Crippen molar-refractivity contribution >= 4 is 10.2 Å². The van der Waals surface area contributed by atoms with Crippen LogP contribution >= 0.6 is 0 Å². The molecule has 0 bridgehead atoms. The lowest BCUT2D eigenvalue weighted by molar-refractivity contribution is 0.330. The summed E-state index contributed by atoms with van der Waals surface area (Å²) in [4.78, 5) is 0. The fourth-order valence-electron chi connectivity index (χ4n) is 1.24. The zero-order valence-electron chi connectivity index (χ0n) is 7.44. The molecule has 0 saturated carbocycles. The zero-order chi connectivity index (χ0) is 9.90. The molecule has 0 radical (unpaired) electrons. The number of nitrogens with two attached hydrogens (primary N) is 1. The maximum absolute atomic E-state index is 11.4. The molecule has 0 aliphatic carbocycles. The van der Waals surface area contributed by atoms with E-state index in [0.29, 0.717) is 26.2 Å². The molecule has 0 amide bonds. The van der Waals surface area contributed by atoms with Gasteiger partial charge in [-0.3, -0.25) is 0 Å². The van der Waals surface area contributed by atoms with Crippen LogP contribution in [0.3, 0.4) is 0 Å². The summed E-state index contributed by atoms with van der Waals surface area (Å²) in [5, 5.41) is 0. The summed E-state index contributed by atoms with van der Waals surface area (Å²) in [5.74, 6) is 0.198. The average Bonchev–Trinajstić information content (AvgIpc) is 2.09. The van der Waals surface area contributed by atoms with Crippen molar-refractivity contribution in [3.05, 3.63) is 12.7 Å². The van der Waals surface area contributed by atoms with Crippen molar-refractivity contribution in [2.75, 3.05) is 26.2 Å². The molecule has 1 heterocycles. The van der Waals surface area contributed by atoms with Gasteiger partial charge in [-0.25, -0.2) is 4.72 Å². The van der Waals surface area contributed by atoms with Gasteiger partial charge in [0.15, 0.2) is 0 Å². The van der Waals surface area contributed by atoms with Crippen LogP contribution in [0.2, 0.25) is 0 Å². The molecule has 1 rings (SSSR count). The highest BCUT2D eigenvalue weighted by Gasteiger charge is 2.29. The second kappa shape index (κ2) is 4.19. The normalized spacial score (nSPS) is 28.5. The summed E-state index contributed by atoms with van der Waals surface area (Å²) in [7, 11) is -3.27. The molecule has 1 unspecified atom stereocenters. The van der Waals surface area contributed by atoms with E-state index in [1.54, 1.807) is 6.08 Å². The summed E-state index contributed by atoms with van der Waals surface area (Å²) < 4.78 is 26.5. The van der Waals surface area contributed by atoms with E-state index in [9.17, 15) is 8.42 Å². The Balaban J connectivity index is 2.69. The average molecular weight is 205 g/mol. The number of nitrogens with zero attached hydrogens (tertiary/aromatic N) is 1. The van der Waals surface area contributed by atoms with Gasteiger partial charge in [-0.1, -0.05) is 6.08 Å². The maximum atomic E-state index is 11.4. The molecule has 13 heavy (non-hydrogen) atoms. The monoisotopic (exact) mass is 205 g/mol. The van der Waals surface area contributed by atoms with Crippen molar-refractivity contribution in [3.8, 4) is 0 Å². The summed E-state index contributed by atoms with van der Waals surface area (Å²) in [6.07, 6.45) is 1.57. The fraction of sp³-hybridized carbons (Fsp3) is 0.714. The van der Waals surface area contributed by atoms with Gasteiger partial charge >= 0.3 is 0 Å². The van der Waals surface area contributed by atoms with Gasteiger partial charge in [0.05, 0.1) is 0 Å². The molecule has 1 fully saturated rings. The Kier molecular flexibility index (Phi) is 3.43. The molecule has 1 aliphatic heterocycles. The van der Waals surface area contributed by atoms with Crippen LogP contribution in [0.1, 0.15) is 0 Å². The van der Waals surface area contributed by atoms with E-state index in [0.717, 1.165) is 0 Å². The van der Waals surface area contributed by atoms with Crippen LogP contribution in [-0.4, -0.2) is 38.9 Å². The standard InChI is InChI=1S/C7H15N3O2S/c1-2-3-10-6-7(4-8)5-9-13(10,11)12/h2,7,9H,1,3-6,8H2. The summed E-state index contributed by atoms with van der Waals surface area (Å²) >= 11 is 0. The third-order valence-corrected chi connectivity index (χ3v) is 3.53. The van der Waals surface area contributed by atoms with Crippen molar-refractivity contribution < 1.29 is 8.42 Å². The van der Waals surface area contributed by atoms with Gasteiger partial charge in [0.2, 0.25) is 0 Å². The van der Waals surface area contributed by atoms with E-state index in [-0.39, 0.29) is 5.92 Å². The van der Waals surface area contributed by atoms with Crippen LogP contribution in [0, 0.1) is 5.92 Å². The Bertz CT molecular complexity index is 275. The van der Waals surface area contributed by atoms with Gasteiger partial charge in [-0.15, -0.1) is 6.58 Å². The van der Waals surface area contributed by atoms with E-state index in [4.69, 9.17) is 5.73 Å². The second-order valence-corrected chi connectivity index (χ2v) is 4.82. The number of nitrogens with one attached hydrogen (secondary N) is 1. The zero-order valence-corrected chi connectivity index (χ0v) is 8.26. The van der Waals surface area contributed by atoms with E-state index in [1.165, 1.54) is 4.31 Å². The van der Waals surface area contributed by atoms with Crippen molar-refractivity contribution in [2.24, 2.45) is 11.7 Å². The lowest BCUT2D eigenvalue weighted by Crippen LogP contribution is -2.52. The van der Waals surface area contributed by atoms with E-state index in [1.807, 2.05) is 0 Å². The van der Waals surface area contributed by atoms with Crippen molar-refractivity contribution in [1.29, 1.82) is 0 Å². The van der Waals surface area contributed by atoms with Gasteiger partial charge in [-0.2, -0.15) is 12.7 Å². The largest absolute Gasteiger partial charge is 0.330 e. The first-order valence-corrected chi connectivity index (χ1v) is 5.60. The van der Waals surface area contributed by atoms with Gasteiger partial charge in [-0.05, 0) is 12.5 Å². The van der Waals surface area contributed by atoms with Crippen LogP contribution in [0.4, 0.5) is 0 Å². The Morgan fingerprint density at radius 3 is 2.92 bits per heavy atom. The lowest BCUT2D eigenvalue weighted by atomic mass is 10.1. The van der Waals surface area contributed by atoms with E-state index < -0.39 is 10.2 Å². The van der Waals surface area contributed by atoms with Crippen LogP contribution in [0.25, 0.3) is 0 Å². The lowest BCUT2D eigenvalue weighted by Gasteiger charge is -2.31. The molecule has 5 nitrogen and oxygen atoms in total. The summed E-state index contributed by atoms with van der Waals surface area (Å²) in [6, 6.07) is 0. The minimum atomic E-state index is -3.27. The SMILES string of the molecule is C=CCN1CC(CN)CNS1(=O)=O. The smallest absolute Gasteiger partial charge is 0.279 e. The Hall–Kier alpha value is -0.430. The van der Waals surface area contributed by atoms with Crippen LogP contribution < -0.4 is 10.5 Å². The third kappa shape index (κ3) is 2.50. The maximum Gasteiger partial charge on any atom is 0.279 e. The highest BCUT2D eigenvalue weighted by atomic mass is 32.2.